The third kappa shape index (κ3) is 3.93. The number of carbonyl (C=O) groups excluding carboxylic acids is 1. The SMILES string of the molecule is COC(=O)c1cc(-c2ccccc2)cc(C)c1OS(=O)(=O)C(F)(F)F. The lowest BCUT2D eigenvalue weighted by atomic mass is 9.99. The van der Waals surface area contributed by atoms with E-state index in [0.717, 1.165) is 7.11 Å². The molecular weight excluding hydrogens is 361 g/mol. The van der Waals surface area contributed by atoms with Gasteiger partial charge in [0.25, 0.3) is 0 Å². The van der Waals surface area contributed by atoms with Gasteiger partial charge in [-0.15, -0.1) is 0 Å². The Morgan fingerprint density at radius 2 is 1.64 bits per heavy atom. The minimum Gasteiger partial charge on any atom is -0.465 e. The lowest BCUT2D eigenvalue weighted by molar-refractivity contribution is -0.0500. The van der Waals surface area contributed by atoms with Gasteiger partial charge in [-0.05, 0) is 35.7 Å². The van der Waals surface area contributed by atoms with E-state index in [9.17, 15) is 26.4 Å². The van der Waals surface area contributed by atoms with Gasteiger partial charge in [0.1, 0.15) is 5.56 Å². The predicted octanol–water partition coefficient (Wildman–Crippen LogP) is 3.68. The zero-order valence-corrected chi connectivity index (χ0v) is 13.9. The molecule has 9 heteroatoms. The fraction of sp³-hybridized carbons (Fsp3) is 0.188. The van der Waals surface area contributed by atoms with E-state index in [4.69, 9.17) is 0 Å². The fourth-order valence-corrected chi connectivity index (χ4v) is 2.64. The maximum absolute atomic E-state index is 12.6. The maximum Gasteiger partial charge on any atom is 0.534 e. The van der Waals surface area contributed by atoms with Gasteiger partial charge in [0.15, 0.2) is 5.75 Å². The van der Waals surface area contributed by atoms with E-state index in [2.05, 4.69) is 8.92 Å². The van der Waals surface area contributed by atoms with Gasteiger partial charge in [-0.3, -0.25) is 0 Å². The number of carbonyl (C=O) groups is 1. The fourth-order valence-electron chi connectivity index (χ4n) is 2.10. The summed E-state index contributed by atoms with van der Waals surface area (Å²) >= 11 is 0. The molecule has 0 saturated heterocycles. The van der Waals surface area contributed by atoms with Crippen molar-refractivity contribution < 1.29 is 35.3 Å². The minimum atomic E-state index is -5.92. The first-order valence-electron chi connectivity index (χ1n) is 6.86. The maximum atomic E-state index is 12.6. The van der Waals surface area contributed by atoms with Gasteiger partial charge in [0.05, 0.1) is 7.11 Å². The summed E-state index contributed by atoms with van der Waals surface area (Å²) in [4.78, 5) is 11.9. The van der Waals surface area contributed by atoms with Crippen LogP contribution in [0.3, 0.4) is 0 Å². The second kappa shape index (κ2) is 6.75. The third-order valence-electron chi connectivity index (χ3n) is 3.26. The number of rotatable bonds is 4. The summed E-state index contributed by atoms with van der Waals surface area (Å²) in [6.45, 7) is 1.33. The van der Waals surface area contributed by atoms with E-state index in [1.807, 2.05) is 0 Å². The molecule has 0 saturated carbocycles. The Kier molecular flexibility index (Phi) is 5.07. The van der Waals surface area contributed by atoms with Crippen LogP contribution in [-0.2, 0) is 14.9 Å². The van der Waals surface area contributed by atoms with Crippen LogP contribution in [0.15, 0.2) is 42.5 Å². The van der Waals surface area contributed by atoms with Crippen molar-refractivity contribution in [1.29, 1.82) is 0 Å². The van der Waals surface area contributed by atoms with Crippen LogP contribution in [0, 0.1) is 6.92 Å². The van der Waals surface area contributed by atoms with Gasteiger partial charge in [-0.2, -0.15) is 21.6 Å². The second-order valence-electron chi connectivity index (χ2n) is 5.01. The molecule has 134 valence electrons. The monoisotopic (exact) mass is 374 g/mol. The number of halogens is 3. The Morgan fingerprint density at radius 3 is 2.16 bits per heavy atom. The van der Waals surface area contributed by atoms with Crippen molar-refractivity contribution in [2.24, 2.45) is 0 Å². The summed E-state index contributed by atoms with van der Waals surface area (Å²) in [6.07, 6.45) is 0. The van der Waals surface area contributed by atoms with Crippen LogP contribution >= 0.6 is 0 Å². The first-order chi connectivity index (χ1) is 11.6. The van der Waals surface area contributed by atoms with Gasteiger partial charge in [-0.25, -0.2) is 4.79 Å². The molecule has 0 aromatic heterocycles. The molecule has 0 atom stereocenters. The van der Waals surface area contributed by atoms with Crippen LogP contribution in [-0.4, -0.2) is 27.0 Å². The molecule has 0 amide bonds. The van der Waals surface area contributed by atoms with E-state index in [-0.39, 0.29) is 5.56 Å². The average molecular weight is 374 g/mol. The highest BCUT2D eigenvalue weighted by Gasteiger charge is 2.49. The molecule has 5 nitrogen and oxygen atoms in total. The topological polar surface area (TPSA) is 69.7 Å². The number of hydrogen-bond donors (Lipinski definition) is 0. The average Bonchev–Trinajstić information content (AvgIpc) is 2.55. The molecule has 0 N–H and O–H groups in total. The quantitative estimate of drug-likeness (QED) is 0.464. The van der Waals surface area contributed by atoms with Crippen molar-refractivity contribution in [3.8, 4) is 16.9 Å². The van der Waals surface area contributed by atoms with Crippen LogP contribution < -0.4 is 4.18 Å². The number of aryl methyl sites for hydroxylation is 1. The first-order valence-corrected chi connectivity index (χ1v) is 8.27. The van der Waals surface area contributed by atoms with Crippen LogP contribution in [0.1, 0.15) is 15.9 Å². The molecule has 2 aromatic carbocycles. The number of benzene rings is 2. The predicted molar refractivity (Wildman–Crippen MR) is 83.6 cm³/mol. The smallest absolute Gasteiger partial charge is 0.465 e. The standard InChI is InChI=1S/C16H13F3O5S/c1-10-8-12(11-6-4-3-5-7-11)9-13(15(20)23-2)14(10)24-25(21,22)16(17,18)19/h3-9H,1-2H3. The largest absolute Gasteiger partial charge is 0.534 e. The van der Waals surface area contributed by atoms with Gasteiger partial charge in [0, 0.05) is 0 Å². The molecule has 0 bridgehead atoms. The van der Waals surface area contributed by atoms with Gasteiger partial charge in [-0.1, -0.05) is 30.3 Å². The molecule has 2 aromatic rings. The Morgan fingerprint density at radius 1 is 1.04 bits per heavy atom. The highest BCUT2D eigenvalue weighted by Crippen LogP contribution is 2.35. The molecule has 2 rings (SSSR count). The zero-order valence-electron chi connectivity index (χ0n) is 13.1. The lowest BCUT2D eigenvalue weighted by Gasteiger charge is -2.16. The van der Waals surface area contributed by atoms with E-state index in [1.54, 1.807) is 30.3 Å². The third-order valence-corrected chi connectivity index (χ3v) is 4.22. The molecule has 0 fully saturated rings. The van der Waals surface area contributed by atoms with E-state index in [0.29, 0.717) is 11.1 Å². The summed E-state index contributed by atoms with van der Waals surface area (Å²) in [5, 5.41) is 0. The van der Waals surface area contributed by atoms with E-state index in [1.165, 1.54) is 19.1 Å². The number of alkyl halides is 3. The molecule has 0 unspecified atom stereocenters. The zero-order chi connectivity index (χ0) is 18.8. The molecule has 0 spiro atoms. The van der Waals surface area contributed by atoms with Gasteiger partial charge < -0.3 is 8.92 Å². The first kappa shape index (κ1) is 18.8. The normalized spacial score (nSPS) is 11.9. The van der Waals surface area contributed by atoms with Gasteiger partial charge >= 0.3 is 21.6 Å². The summed E-state index contributed by atoms with van der Waals surface area (Å²) < 4.78 is 69.0. The van der Waals surface area contributed by atoms with Gasteiger partial charge in [0.2, 0.25) is 0 Å². The van der Waals surface area contributed by atoms with E-state index < -0.39 is 32.9 Å². The molecule has 0 heterocycles. The molecular formula is C16H13F3O5S. The minimum absolute atomic E-state index is 0.0366. The van der Waals surface area contributed by atoms with Crippen molar-refractivity contribution in [2.45, 2.75) is 12.4 Å². The second-order valence-corrected chi connectivity index (χ2v) is 6.55. The molecule has 25 heavy (non-hydrogen) atoms. The van der Waals surface area contributed by atoms with Crippen molar-refractivity contribution in [2.75, 3.05) is 7.11 Å². The van der Waals surface area contributed by atoms with Crippen LogP contribution in [0.5, 0.6) is 5.75 Å². The van der Waals surface area contributed by atoms with Crippen LogP contribution in [0.2, 0.25) is 0 Å². The Balaban J connectivity index is 2.63. The van der Waals surface area contributed by atoms with Crippen molar-refractivity contribution in [3.05, 3.63) is 53.6 Å². The van der Waals surface area contributed by atoms with Crippen LogP contribution in [0.25, 0.3) is 11.1 Å². The lowest BCUT2D eigenvalue weighted by Crippen LogP contribution is -2.29. The molecule has 0 aliphatic carbocycles. The van der Waals surface area contributed by atoms with Crippen molar-refractivity contribution >= 4 is 16.1 Å². The number of ether oxygens (including phenoxy) is 1. The van der Waals surface area contributed by atoms with Crippen LogP contribution in [0.4, 0.5) is 13.2 Å². The molecule has 0 aliphatic heterocycles. The Labute approximate surface area is 142 Å². The molecule has 0 aliphatic rings. The van der Waals surface area contributed by atoms with Crippen molar-refractivity contribution in [1.82, 2.24) is 0 Å². The Hall–Kier alpha value is -2.55. The summed E-state index contributed by atoms with van der Waals surface area (Å²) in [5.41, 5.74) is -4.83. The van der Waals surface area contributed by atoms with Crippen molar-refractivity contribution in [3.63, 3.8) is 0 Å². The highest BCUT2D eigenvalue weighted by molar-refractivity contribution is 7.88. The number of esters is 1. The summed E-state index contributed by atoms with van der Waals surface area (Å²) in [6, 6.07) is 11.3. The number of hydrogen-bond acceptors (Lipinski definition) is 5. The Bertz CT molecular complexity index is 890. The summed E-state index contributed by atoms with van der Waals surface area (Å²) in [5.74, 6) is -1.74. The highest BCUT2D eigenvalue weighted by atomic mass is 32.2. The molecule has 0 radical (unpaired) electrons. The van der Waals surface area contributed by atoms with E-state index >= 15 is 0 Å². The number of methoxy groups -OCH3 is 1. The summed E-state index contributed by atoms with van der Waals surface area (Å²) in [7, 11) is -4.90.